The number of ether oxygens (including phenoxy) is 1. The number of benzene rings is 2. The van der Waals surface area contributed by atoms with Crippen molar-refractivity contribution in [2.75, 3.05) is 11.9 Å². The molecule has 1 N–H and O–H groups in total. The lowest BCUT2D eigenvalue weighted by Crippen LogP contribution is -2.06. The third-order valence-corrected chi connectivity index (χ3v) is 3.29. The minimum Gasteiger partial charge on any atom is -0.463 e. The van der Waals surface area contributed by atoms with Gasteiger partial charge < -0.3 is 10.1 Å². The number of rotatable bonds is 5. The number of carbonyl (C=O) groups is 1. The van der Waals surface area contributed by atoms with E-state index in [1.54, 1.807) is 19.1 Å². The van der Waals surface area contributed by atoms with E-state index in [1.165, 1.54) is 6.08 Å². The average molecular weight is 316 g/mol. The van der Waals surface area contributed by atoms with E-state index in [2.05, 4.69) is 5.32 Å². The number of hydrogen-bond acceptors (Lipinski definition) is 3. The zero-order valence-corrected chi connectivity index (χ0v) is 13.4. The van der Waals surface area contributed by atoms with E-state index < -0.39 is 0 Å². The van der Waals surface area contributed by atoms with Gasteiger partial charge in [0.15, 0.2) is 0 Å². The highest BCUT2D eigenvalue weighted by molar-refractivity contribution is 6.30. The molecule has 0 radical (unpaired) electrons. The number of esters is 1. The van der Waals surface area contributed by atoms with Crippen LogP contribution in [0.25, 0.3) is 5.70 Å². The lowest BCUT2D eigenvalue weighted by atomic mass is 10.1. The molecule has 2 aromatic rings. The first-order valence-corrected chi connectivity index (χ1v) is 7.44. The highest BCUT2D eigenvalue weighted by atomic mass is 35.5. The van der Waals surface area contributed by atoms with Crippen molar-refractivity contribution in [3.05, 3.63) is 70.8 Å². The second-order valence-corrected chi connectivity index (χ2v) is 5.24. The van der Waals surface area contributed by atoms with Crippen LogP contribution in [0, 0.1) is 6.92 Å². The molecular formula is C18H18ClNO2. The van der Waals surface area contributed by atoms with Gasteiger partial charge >= 0.3 is 5.97 Å². The summed E-state index contributed by atoms with van der Waals surface area (Å²) in [5, 5.41) is 3.90. The Labute approximate surface area is 135 Å². The maximum Gasteiger partial charge on any atom is 0.332 e. The molecule has 0 aliphatic carbocycles. The molecule has 0 fully saturated rings. The number of aryl methyl sites for hydroxylation is 1. The molecule has 22 heavy (non-hydrogen) atoms. The summed E-state index contributed by atoms with van der Waals surface area (Å²) in [5.74, 6) is -0.375. The molecule has 0 heterocycles. The van der Waals surface area contributed by atoms with E-state index in [4.69, 9.17) is 16.3 Å². The first-order valence-electron chi connectivity index (χ1n) is 7.06. The molecule has 114 valence electrons. The fourth-order valence-corrected chi connectivity index (χ4v) is 2.04. The van der Waals surface area contributed by atoms with E-state index in [1.807, 2.05) is 43.3 Å². The van der Waals surface area contributed by atoms with Crippen LogP contribution in [0.2, 0.25) is 5.02 Å². The predicted octanol–water partition coefficient (Wildman–Crippen LogP) is 4.66. The van der Waals surface area contributed by atoms with E-state index >= 15 is 0 Å². The van der Waals surface area contributed by atoms with Gasteiger partial charge in [-0.25, -0.2) is 4.79 Å². The Balaban J connectivity index is 2.30. The molecule has 0 aliphatic heterocycles. The number of carbonyl (C=O) groups excluding carboxylic acids is 1. The maximum absolute atomic E-state index is 11.8. The van der Waals surface area contributed by atoms with Gasteiger partial charge in [-0.15, -0.1) is 0 Å². The lowest BCUT2D eigenvalue weighted by molar-refractivity contribution is -0.137. The molecule has 0 unspecified atom stereocenters. The predicted molar refractivity (Wildman–Crippen MR) is 90.9 cm³/mol. The van der Waals surface area contributed by atoms with Crippen molar-refractivity contribution in [3.63, 3.8) is 0 Å². The van der Waals surface area contributed by atoms with Crippen molar-refractivity contribution in [2.24, 2.45) is 0 Å². The lowest BCUT2D eigenvalue weighted by Gasteiger charge is -2.12. The van der Waals surface area contributed by atoms with Crippen molar-refractivity contribution in [3.8, 4) is 0 Å². The van der Waals surface area contributed by atoms with Crippen LogP contribution >= 0.6 is 11.6 Å². The van der Waals surface area contributed by atoms with Gasteiger partial charge in [-0.05, 0) is 43.7 Å². The van der Waals surface area contributed by atoms with E-state index in [0.29, 0.717) is 17.3 Å². The fraction of sp³-hybridized carbons (Fsp3) is 0.167. The molecule has 4 heteroatoms. The fourth-order valence-electron chi connectivity index (χ4n) is 1.92. The van der Waals surface area contributed by atoms with E-state index in [9.17, 15) is 4.79 Å². The normalized spacial score (nSPS) is 11.1. The number of anilines is 1. The molecule has 0 bridgehead atoms. The Morgan fingerprint density at radius 3 is 2.36 bits per heavy atom. The molecule has 0 amide bonds. The van der Waals surface area contributed by atoms with Gasteiger partial charge in [0.1, 0.15) is 0 Å². The molecule has 0 aliphatic rings. The number of hydrogen-bond donors (Lipinski definition) is 1. The van der Waals surface area contributed by atoms with Crippen LogP contribution in [0.1, 0.15) is 18.1 Å². The third kappa shape index (κ3) is 4.64. The molecule has 0 saturated heterocycles. The smallest absolute Gasteiger partial charge is 0.332 e. The van der Waals surface area contributed by atoms with Gasteiger partial charge in [0.2, 0.25) is 0 Å². The molecule has 2 rings (SSSR count). The van der Waals surface area contributed by atoms with Crippen LogP contribution in [0.4, 0.5) is 5.69 Å². The highest BCUT2D eigenvalue weighted by Crippen LogP contribution is 2.21. The summed E-state index contributed by atoms with van der Waals surface area (Å²) in [7, 11) is 0. The first-order chi connectivity index (χ1) is 10.6. The van der Waals surface area contributed by atoms with Crippen LogP contribution in [0.3, 0.4) is 0 Å². The summed E-state index contributed by atoms with van der Waals surface area (Å²) in [4.78, 5) is 11.8. The van der Waals surface area contributed by atoms with E-state index in [0.717, 1.165) is 16.8 Å². The van der Waals surface area contributed by atoms with Crippen molar-refractivity contribution < 1.29 is 9.53 Å². The average Bonchev–Trinajstić information content (AvgIpc) is 2.50. The third-order valence-electron chi connectivity index (χ3n) is 3.03. The molecule has 0 aromatic heterocycles. The van der Waals surface area contributed by atoms with Crippen molar-refractivity contribution in [1.29, 1.82) is 0 Å². The zero-order chi connectivity index (χ0) is 15.9. The quantitative estimate of drug-likeness (QED) is 0.644. The second-order valence-electron chi connectivity index (χ2n) is 4.81. The van der Waals surface area contributed by atoms with Gasteiger partial charge in [0.25, 0.3) is 0 Å². The molecule has 3 nitrogen and oxygen atoms in total. The Morgan fingerprint density at radius 2 is 1.77 bits per heavy atom. The standard InChI is InChI=1S/C18H18ClNO2/c1-3-22-18(21)12-17(14-6-4-13(2)5-7-14)20-16-10-8-15(19)9-11-16/h4-12,20H,3H2,1-2H3/b17-12-. The first kappa shape index (κ1) is 16.1. The minimum absolute atomic E-state index is 0.345. The minimum atomic E-state index is -0.375. The Hall–Kier alpha value is -2.26. The molecule has 0 spiro atoms. The Bertz CT molecular complexity index is 660. The SMILES string of the molecule is CCOC(=O)/C=C(\Nc1ccc(Cl)cc1)c1ccc(C)cc1. The molecule has 0 saturated carbocycles. The van der Waals surface area contributed by atoms with Crippen LogP contribution in [-0.2, 0) is 9.53 Å². The molecule has 2 aromatic carbocycles. The van der Waals surface area contributed by atoms with E-state index in [-0.39, 0.29) is 5.97 Å². The number of nitrogens with one attached hydrogen (secondary N) is 1. The monoisotopic (exact) mass is 315 g/mol. The molecule has 0 atom stereocenters. The van der Waals surface area contributed by atoms with Gasteiger partial charge in [-0.3, -0.25) is 0 Å². The maximum atomic E-state index is 11.8. The largest absolute Gasteiger partial charge is 0.463 e. The topological polar surface area (TPSA) is 38.3 Å². The zero-order valence-electron chi connectivity index (χ0n) is 12.6. The highest BCUT2D eigenvalue weighted by Gasteiger charge is 2.06. The summed E-state index contributed by atoms with van der Waals surface area (Å²) in [6, 6.07) is 15.2. The number of halogens is 1. The summed E-state index contributed by atoms with van der Waals surface area (Å²) in [5.41, 5.74) is 3.60. The Morgan fingerprint density at radius 1 is 1.14 bits per heavy atom. The van der Waals surface area contributed by atoms with Crippen LogP contribution in [0.15, 0.2) is 54.6 Å². The van der Waals surface area contributed by atoms with Crippen LogP contribution in [-0.4, -0.2) is 12.6 Å². The Kier molecular flexibility index (Phi) is 5.61. The summed E-state index contributed by atoms with van der Waals surface area (Å²) in [6.07, 6.45) is 1.46. The van der Waals surface area contributed by atoms with Crippen molar-refractivity contribution >= 4 is 29.0 Å². The van der Waals surface area contributed by atoms with Gasteiger partial charge in [-0.2, -0.15) is 0 Å². The summed E-state index contributed by atoms with van der Waals surface area (Å²) >= 11 is 5.89. The summed E-state index contributed by atoms with van der Waals surface area (Å²) in [6.45, 7) is 4.15. The second kappa shape index (κ2) is 7.66. The van der Waals surface area contributed by atoms with Gasteiger partial charge in [0, 0.05) is 16.8 Å². The summed E-state index contributed by atoms with van der Waals surface area (Å²) < 4.78 is 5.00. The van der Waals surface area contributed by atoms with Gasteiger partial charge in [0.05, 0.1) is 12.3 Å². The van der Waals surface area contributed by atoms with Crippen LogP contribution in [0.5, 0.6) is 0 Å². The van der Waals surface area contributed by atoms with Crippen molar-refractivity contribution in [2.45, 2.75) is 13.8 Å². The van der Waals surface area contributed by atoms with Crippen molar-refractivity contribution in [1.82, 2.24) is 0 Å². The molecular weight excluding hydrogens is 298 g/mol. The van der Waals surface area contributed by atoms with Crippen LogP contribution < -0.4 is 5.32 Å². The van der Waals surface area contributed by atoms with Gasteiger partial charge in [-0.1, -0.05) is 41.4 Å².